The SMILES string of the molecule is O=C(Cn1c(=O)cnc2ccccc21)NCc1ccc(NC(=O)c2ccco2)cc1. The van der Waals surface area contributed by atoms with Crippen molar-refractivity contribution in [3.05, 3.63) is 94.8 Å². The van der Waals surface area contributed by atoms with Gasteiger partial charge in [0.05, 0.1) is 23.5 Å². The molecule has 2 aromatic carbocycles. The normalized spacial score (nSPS) is 10.7. The third-order valence-corrected chi connectivity index (χ3v) is 4.50. The molecule has 0 saturated carbocycles. The smallest absolute Gasteiger partial charge is 0.291 e. The van der Waals surface area contributed by atoms with Crippen molar-refractivity contribution in [2.24, 2.45) is 0 Å². The monoisotopic (exact) mass is 402 g/mol. The van der Waals surface area contributed by atoms with Gasteiger partial charge in [0.1, 0.15) is 6.54 Å². The van der Waals surface area contributed by atoms with Crippen LogP contribution in [0.1, 0.15) is 16.1 Å². The van der Waals surface area contributed by atoms with Gasteiger partial charge in [0.25, 0.3) is 11.5 Å². The van der Waals surface area contributed by atoms with Crippen LogP contribution in [0.5, 0.6) is 0 Å². The second-order valence-electron chi connectivity index (χ2n) is 6.58. The number of aromatic nitrogens is 2. The Morgan fingerprint density at radius 2 is 1.80 bits per heavy atom. The van der Waals surface area contributed by atoms with Crippen molar-refractivity contribution in [1.29, 1.82) is 0 Å². The zero-order valence-electron chi connectivity index (χ0n) is 15.9. The Morgan fingerprint density at radius 1 is 1.00 bits per heavy atom. The molecule has 4 aromatic rings. The molecule has 0 saturated heterocycles. The zero-order valence-corrected chi connectivity index (χ0v) is 15.9. The van der Waals surface area contributed by atoms with Crippen LogP contribution in [0.4, 0.5) is 5.69 Å². The highest BCUT2D eigenvalue weighted by atomic mass is 16.3. The molecule has 4 rings (SSSR count). The maximum atomic E-state index is 12.4. The summed E-state index contributed by atoms with van der Waals surface area (Å²) in [5.74, 6) is -0.398. The highest BCUT2D eigenvalue weighted by Crippen LogP contribution is 2.12. The van der Waals surface area contributed by atoms with Gasteiger partial charge in [0, 0.05) is 12.2 Å². The molecule has 0 fully saturated rings. The van der Waals surface area contributed by atoms with Crippen molar-refractivity contribution in [3.63, 3.8) is 0 Å². The molecule has 0 bridgehead atoms. The van der Waals surface area contributed by atoms with E-state index in [1.54, 1.807) is 54.6 Å². The lowest BCUT2D eigenvalue weighted by molar-refractivity contribution is -0.121. The number of anilines is 1. The van der Waals surface area contributed by atoms with Crippen molar-refractivity contribution in [1.82, 2.24) is 14.9 Å². The van der Waals surface area contributed by atoms with E-state index >= 15 is 0 Å². The second kappa shape index (κ2) is 8.44. The lowest BCUT2D eigenvalue weighted by Crippen LogP contribution is -2.32. The molecule has 2 amide bonds. The topological polar surface area (TPSA) is 106 Å². The summed E-state index contributed by atoms with van der Waals surface area (Å²) < 4.78 is 6.45. The minimum absolute atomic E-state index is 0.0981. The van der Waals surface area contributed by atoms with Crippen LogP contribution in [-0.2, 0) is 17.9 Å². The van der Waals surface area contributed by atoms with E-state index < -0.39 is 0 Å². The molecule has 0 spiro atoms. The number of hydrogen-bond donors (Lipinski definition) is 2. The number of rotatable bonds is 6. The van der Waals surface area contributed by atoms with Crippen molar-refractivity contribution in [2.75, 3.05) is 5.32 Å². The lowest BCUT2D eigenvalue weighted by atomic mass is 10.2. The van der Waals surface area contributed by atoms with Crippen LogP contribution >= 0.6 is 0 Å². The standard InChI is InChI=1S/C22H18N4O4/c27-20(14-26-18-5-2-1-4-17(18)23-13-21(26)28)24-12-15-7-9-16(10-8-15)25-22(29)19-6-3-11-30-19/h1-11,13H,12,14H2,(H,24,27)(H,25,29). The summed E-state index contributed by atoms with van der Waals surface area (Å²) in [6.45, 7) is 0.197. The van der Waals surface area contributed by atoms with Gasteiger partial charge in [0.15, 0.2) is 5.76 Å². The lowest BCUT2D eigenvalue weighted by Gasteiger charge is -2.10. The molecule has 2 N–H and O–H groups in total. The van der Waals surface area contributed by atoms with Gasteiger partial charge < -0.3 is 15.1 Å². The molecule has 0 aliphatic heterocycles. The molecule has 0 aliphatic rings. The Labute approximate surface area is 171 Å². The van der Waals surface area contributed by atoms with E-state index in [2.05, 4.69) is 15.6 Å². The number of fused-ring (bicyclic) bond motifs is 1. The van der Waals surface area contributed by atoms with Gasteiger partial charge in [-0.15, -0.1) is 0 Å². The summed E-state index contributed by atoms with van der Waals surface area (Å²) in [6, 6.07) is 17.5. The number of amides is 2. The largest absolute Gasteiger partial charge is 0.459 e. The van der Waals surface area contributed by atoms with Crippen LogP contribution in [-0.4, -0.2) is 21.4 Å². The average Bonchev–Trinajstić information content (AvgIpc) is 3.30. The zero-order chi connectivity index (χ0) is 20.9. The molecule has 2 aromatic heterocycles. The number of furan rings is 1. The maximum Gasteiger partial charge on any atom is 0.291 e. The van der Waals surface area contributed by atoms with E-state index in [-0.39, 0.29) is 29.7 Å². The predicted octanol–water partition coefficient (Wildman–Crippen LogP) is 2.56. The molecule has 0 unspecified atom stereocenters. The summed E-state index contributed by atoms with van der Waals surface area (Å²) in [5.41, 5.74) is 2.39. The molecule has 8 nitrogen and oxygen atoms in total. The minimum atomic E-state index is -0.337. The first kappa shape index (κ1) is 19.1. The van der Waals surface area contributed by atoms with Gasteiger partial charge in [-0.1, -0.05) is 24.3 Å². The van der Waals surface area contributed by atoms with Gasteiger partial charge in [-0.2, -0.15) is 0 Å². The number of para-hydroxylation sites is 2. The van der Waals surface area contributed by atoms with Crippen molar-refractivity contribution in [2.45, 2.75) is 13.1 Å². The highest BCUT2D eigenvalue weighted by molar-refractivity contribution is 6.02. The van der Waals surface area contributed by atoms with Gasteiger partial charge in [0.2, 0.25) is 5.91 Å². The van der Waals surface area contributed by atoms with Crippen LogP contribution in [0.2, 0.25) is 0 Å². The van der Waals surface area contributed by atoms with E-state index in [1.807, 2.05) is 6.07 Å². The van der Waals surface area contributed by atoms with Gasteiger partial charge in [-0.25, -0.2) is 4.98 Å². The predicted molar refractivity (Wildman–Crippen MR) is 111 cm³/mol. The summed E-state index contributed by atoms with van der Waals surface area (Å²) in [7, 11) is 0. The highest BCUT2D eigenvalue weighted by Gasteiger charge is 2.10. The van der Waals surface area contributed by atoms with Crippen LogP contribution in [0.25, 0.3) is 11.0 Å². The van der Waals surface area contributed by atoms with E-state index in [9.17, 15) is 14.4 Å². The third kappa shape index (κ3) is 4.27. The molecule has 30 heavy (non-hydrogen) atoms. The number of hydrogen-bond acceptors (Lipinski definition) is 5. The summed E-state index contributed by atoms with van der Waals surface area (Å²) in [4.78, 5) is 40.6. The minimum Gasteiger partial charge on any atom is -0.459 e. The molecule has 2 heterocycles. The number of carbonyl (C=O) groups excluding carboxylic acids is 2. The Hall–Kier alpha value is -4.20. The molecule has 0 aliphatic carbocycles. The van der Waals surface area contributed by atoms with Crippen molar-refractivity contribution in [3.8, 4) is 0 Å². The molecular weight excluding hydrogens is 384 g/mol. The van der Waals surface area contributed by atoms with Crippen molar-refractivity contribution >= 4 is 28.5 Å². The van der Waals surface area contributed by atoms with Gasteiger partial charge in [-0.3, -0.25) is 19.0 Å². The van der Waals surface area contributed by atoms with Crippen LogP contribution < -0.4 is 16.2 Å². The Kier molecular flexibility index (Phi) is 5.38. The molecule has 8 heteroatoms. The number of nitrogens with zero attached hydrogens (tertiary/aromatic N) is 2. The first-order valence-electron chi connectivity index (χ1n) is 9.25. The number of carbonyl (C=O) groups is 2. The van der Waals surface area contributed by atoms with Crippen molar-refractivity contribution < 1.29 is 14.0 Å². The quantitative estimate of drug-likeness (QED) is 0.516. The molecule has 150 valence electrons. The molecular formula is C22H18N4O4. The summed E-state index contributed by atoms with van der Waals surface area (Å²) >= 11 is 0. The second-order valence-corrected chi connectivity index (χ2v) is 6.58. The number of nitrogens with one attached hydrogen (secondary N) is 2. The maximum absolute atomic E-state index is 12.4. The fourth-order valence-corrected chi connectivity index (χ4v) is 2.98. The first-order valence-corrected chi connectivity index (χ1v) is 9.25. The third-order valence-electron chi connectivity index (χ3n) is 4.50. The molecule has 0 radical (unpaired) electrons. The van der Waals surface area contributed by atoms with E-state index in [1.165, 1.54) is 17.0 Å². The van der Waals surface area contributed by atoms with Crippen LogP contribution in [0.15, 0.2) is 82.3 Å². The van der Waals surface area contributed by atoms with E-state index in [0.717, 1.165) is 5.56 Å². The fourth-order valence-electron chi connectivity index (χ4n) is 2.98. The van der Waals surface area contributed by atoms with Gasteiger partial charge in [-0.05, 0) is 42.0 Å². The molecule has 0 atom stereocenters. The van der Waals surface area contributed by atoms with E-state index in [4.69, 9.17) is 4.42 Å². The number of benzene rings is 2. The fraction of sp³-hybridized carbons (Fsp3) is 0.0909. The Balaban J connectivity index is 1.36. The van der Waals surface area contributed by atoms with Gasteiger partial charge >= 0.3 is 0 Å². The summed E-state index contributed by atoms with van der Waals surface area (Å²) in [6.07, 6.45) is 2.65. The van der Waals surface area contributed by atoms with E-state index in [0.29, 0.717) is 23.3 Å². The first-order chi connectivity index (χ1) is 14.6. The van der Waals surface area contributed by atoms with Crippen LogP contribution in [0.3, 0.4) is 0 Å². The summed E-state index contributed by atoms with van der Waals surface area (Å²) in [5, 5.41) is 5.53. The Bertz CT molecular complexity index is 1240. The van der Waals surface area contributed by atoms with Crippen LogP contribution in [0, 0.1) is 0 Å². The Morgan fingerprint density at radius 3 is 2.57 bits per heavy atom. The average molecular weight is 402 g/mol.